The number of hydrogen-bond donors (Lipinski definition) is 2. The summed E-state index contributed by atoms with van der Waals surface area (Å²) in [6.07, 6.45) is 0.0434. The highest BCUT2D eigenvalue weighted by Gasteiger charge is 2.34. The first-order valence-corrected chi connectivity index (χ1v) is 12.9. The Morgan fingerprint density at radius 1 is 1.10 bits per heavy atom. The second-order valence-corrected chi connectivity index (χ2v) is 9.88. The summed E-state index contributed by atoms with van der Waals surface area (Å²) in [5, 5.41) is 19.8. The molecule has 3 aromatic rings. The van der Waals surface area contributed by atoms with Crippen molar-refractivity contribution < 1.29 is 33.0 Å². The molecule has 1 saturated heterocycles. The zero-order chi connectivity index (χ0) is 28.2. The summed E-state index contributed by atoms with van der Waals surface area (Å²) in [5.74, 6) is -0.964. The molecule has 0 aliphatic carbocycles. The van der Waals surface area contributed by atoms with Crippen molar-refractivity contribution in [3.63, 3.8) is 0 Å². The van der Waals surface area contributed by atoms with E-state index in [2.05, 4.69) is 0 Å². The van der Waals surface area contributed by atoms with Crippen LogP contribution in [0.25, 0.3) is 11.1 Å². The second-order valence-electron chi connectivity index (χ2n) is 9.44. The van der Waals surface area contributed by atoms with Gasteiger partial charge in [0.1, 0.15) is 0 Å². The summed E-state index contributed by atoms with van der Waals surface area (Å²) >= 11 is 5.80. The molecule has 2 atom stereocenters. The van der Waals surface area contributed by atoms with Crippen LogP contribution in [0.2, 0.25) is 5.02 Å². The van der Waals surface area contributed by atoms with Crippen LogP contribution in [-0.4, -0.2) is 39.6 Å². The number of carbonyl (C=O) groups is 2. The van der Waals surface area contributed by atoms with Crippen molar-refractivity contribution in [2.45, 2.75) is 44.0 Å². The van der Waals surface area contributed by atoms with Gasteiger partial charge in [0.2, 0.25) is 5.91 Å². The molecule has 204 valence electrons. The van der Waals surface area contributed by atoms with Crippen molar-refractivity contribution in [1.82, 2.24) is 4.90 Å². The summed E-state index contributed by atoms with van der Waals surface area (Å²) in [4.78, 5) is 25.2. The number of alkyl halides is 3. The van der Waals surface area contributed by atoms with Crippen LogP contribution >= 0.6 is 11.6 Å². The number of aliphatic hydroxyl groups excluding tert-OH is 1. The Hall–Kier alpha value is -3.62. The molecule has 3 aromatic carbocycles. The van der Waals surface area contributed by atoms with E-state index in [9.17, 15) is 27.9 Å². The Morgan fingerprint density at radius 2 is 1.85 bits per heavy atom. The topological polar surface area (TPSA) is 77.8 Å². The first-order chi connectivity index (χ1) is 18.5. The van der Waals surface area contributed by atoms with E-state index < -0.39 is 23.8 Å². The number of hydrogen-bond acceptors (Lipinski definition) is 3. The number of halogens is 4. The lowest BCUT2D eigenvalue weighted by atomic mass is 9.96. The van der Waals surface area contributed by atoms with E-state index in [1.54, 1.807) is 59.5 Å². The van der Waals surface area contributed by atoms with Crippen LogP contribution in [0.4, 0.5) is 13.2 Å². The molecular weight excluding hydrogens is 531 g/mol. The molecule has 0 radical (unpaired) electrons. The van der Waals surface area contributed by atoms with Crippen molar-refractivity contribution in [3.8, 4) is 11.1 Å². The molecule has 39 heavy (non-hydrogen) atoms. The Kier molecular flexibility index (Phi) is 8.77. The summed E-state index contributed by atoms with van der Waals surface area (Å²) < 4.78 is 40.8. The quantitative estimate of drug-likeness (QED) is 0.279. The fourth-order valence-corrected chi connectivity index (χ4v) is 4.92. The molecule has 0 bridgehead atoms. The molecule has 1 amide bonds. The minimum Gasteiger partial charge on any atom is -0.478 e. The fraction of sp³-hybridized carbons (Fsp3) is 0.267. The third kappa shape index (κ3) is 7.07. The van der Waals surface area contributed by atoms with Crippen LogP contribution < -0.4 is 0 Å². The lowest BCUT2D eigenvalue weighted by Gasteiger charge is -2.23. The van der Waals surface area contributed by atoms with Gasteiger partial charge >= 0.3 is 12.1 Å². The highest BCUT2D eigenvalue weighted by molar-refractivity contribution is 6.30. The smallest absolute Gasteiger partial charge is 0.417 e. The molecule has 1 aliphatic heterocycles. The minimum atomic E-state index is -4.59. The first kappa shape index (κ1) is 28.4. The van der Waals surface area contributed by atoms with Crippen molar-refractivity contribution in [2.24, 2.45) is 0 Å². The lowest BCUT2D eigenvalue weighted by Crippen LogP contribution is -2.33. The van der Waals surface area contributed by atoms with Gasteiger partial charge in [-0.05, 0) is 71.8 Å². The van der Waals surface area contributed by atoms with E-state index in [1.807, 2.05) is 0 Å². The Bertz CT molecular complexity index is 1370. The zero-order valence-electron chi connectivity index (χ0n) is 20.9. The van der Waals surface area contributed by atoms with Gasteiger partial charge in [-0.3, -0.25) is 4.79 Å². The summed E-state index contributed by atoms with van der Waals surface area (Å²) in [6.45, 7) is 0.511. The van der Waals surface area contributed by atoms with E-state index in [4.69, 9.17) is 16.7 Å². The molecule has 0 saturated carbocycles. The molecule has 1 fully saturated rings. The molecule has 1 unspecified atom stereocenters. The van der Waals surface area contributed by atoms with Crippen LogP contribution in [0.15, 0.2) is 78.9 Å². The molecule has 0 aromatic heterocycles. The van der Waals surface area contributed by atoms with Gasteiger partial charge in [0.05, 0.1) is 23.3 Å². The number of carbonyl (C=O) groups excluding carboxylic acids is 1. The number of aliphatic hydroxyl groups is 1. The van der Waals surface area contributed by atoms with E-state index in [-0.39, 0.29) is 28.1 Å². The van der Waals surface area contributed by atoms with Crippen LogP contribution in [0.3, 0.4) is 0 Å². The maximum atomic E-state index is 13.6. The van der Waals surface area contributed by atoms with Crippen LogP contribution in [-0.2, 0) is 17.4 Å². The van der Waals surface area contributed by atoms with Gasteiger partial charge in [0.15, 0.2) is 0 Å². The maximum absolute atomic E-state index is 13.6. The number of likely N-dealkylation sites (tertiary alicyclic amines) is 1. The van der Waals surface area contributed by atoms with Gasteiger partial charge in [0.25, 0.3) is 0 Å². The van der Waals surface area contributed by atoms with Gasteiger partial charge < -0.3 is 15.1 Å². The molecular formula is C30H27ClF3NO4. The predicted octanol–water partition coefficient (Wildman–Crippen LogP) is 6.94. The van der Waals surface area contributed by atoms with Gasteiger partial charge in [-0.2, -0.15) is 13.2 Å². The normalized spacial score (nSPS) is 16.7. The highest BCUT2D eigenvalue weighted by Crippen LogP contribution is 2.39. The maximum Gasteiger partial charge on any atom is 0.417 e. The standard InChI is InChI=1S/C30H27ClF3NO4/c31-23-10-13-25(26(18-23)30(32,33)34)21-4-1-5-22(17-21)27(36)14-11-24-12-15-28(37)35(24)16-2-3-19-6-8-20(9-7-19)29(38)39/h1,4-11,13-14,17-18,24,27,36H,2-3,12,15-16H2,(H,38,39)/b14-11+/t24-,27?/m0/s1. The van der Waals surface area contributed by atoms with Crippen LogP contribution in [0.1, 0.15) is 52.4 Å². The molecule has 2 N–H and O–H groups in total. The molecule has 9 heteroatoms. The number of benzene rings is 3. The van der Waals surface area contributed by atoms with Gasteiger partial charge in [0, 0.05) is 18.0 Å². The van der Waals surface area contributed by atoms with Crippen molar-refractivity contribution in [2.75, 3.05) is 6.54 Å². The third-order valence-electron chi connectivity index (χ3n) is 6.78. The number of amides is 1. The largest absolute Gasteiger partial charge is 0.478 e. The van der Waals surface area contributed by atoms with Gasteiger partial charge in [-0.25, -0.2) is 4.79 Å². The van der Waals surface area contributed by atoms with Gasteiger partial charge in [-0.15, -0.1) is 0 Å². The molecule has 1 aliphatic rings. The Labute approximate surface area is 229 Å². The average Bonchev–Trinajstić information content (AvgIpc) is 3.26. The summed E-state index contributed by atoms with van der Waals surface area (Å²) in [6, 6.07) is 16.3. The molecule has 5 nitrogen and oxygen atoms in total. The zero-order valence-corrected chi connectivity index (χ0v) is 21.6. The van der Waals surface area contributed by atoms with Crippen molar-refractivity contribution in [3.05, 3.63) is 106 Å². The number of carboxylic acid groups (broad SMARTS) is 1. The van der Waals surface area contributed by atoms with Crippen molar-refractivity contribution in [1.29, 1.82) is 0 Å². The molecule has 0 spiro atoms. The second kappa shape index (κ2) is 12.1. The van der Waals surface area contributed by atoms with E-state index in [1.165, 1.54) is 18.2 Å². The Morgan fingerprint density at radius 3 is 2.54 bits per heavy atom. The summed E-state index contributed by atoms with van der Waals surface area (Å²) in [5.41, 5.74) is 1.04. The first-order valence-electron chi connectivity index (χ1n) is 12.5. The SMILES string of the molecule is O=C(O)c1ccc(CCCN2C(=O)CC[C@@H]2/C=C/C(O)c2cccc(-c3ccc(Cl)cc3C(F)(F)F)c2)cc1. The number of aromatic carboxylic acids is 1. The average molecular weight is 558 g/mol. The highest BCUT2D eigenvalue weighted by atomic mass is 35.5. The van der Waals surface area contributed by atoms with Crippen LogP contribution in [0, 0.1) is 0 Å². The minimum absolute atomic E-state index is 0.0167. The lowest BCUT2D eigenvalue weighted by molar-refractivity contribution is -0.137. The monoisotopic (exact) mass is 557 g/mol. The van der Waals surface area contributed by atoms with Crippen LogP contribution in [0.5, 0.6) is 0 Å². The molecule has 4 rings (SSSR count). The van der Waals surface area contributed by atoms with E-state index >= 15 is 0 Å². The van der Waals surface area contributed by atoms with E-state index in [0.717, 1.165) is 11.6 Å². The number of carboxylic acids is 1. The number of aryl methyl sites for hydroxylation is 1. The third-order valence-corrected chi connectivity index (χ3v) is 7.02. The van der Waals surface area contributed by atoms with E-state index in [0.29, 0.717) is 43.4 Å². The van der Waals surface area contributed by atoms with Crippen molar-refractivity contribution >= 4 is 23.5 Å². The predicted molar refractivity (Wildman–Crippen MR) is 142 cm³/mol. The number of nitrogens with zero attached hydrogens (tertiary/aromatic N) is 1. The van der Waals surface area contributed by atoms with Gasteiger partial charge in [-0.1, -0.05) is 60.2 Å². The molecule has 1 heterocycles. The summed E-state index contributed by atoms with van der Waals surface area (Å²) in [7, 11) is 0. The number of rotatable bonds is 9. The fourth-order valence-electron chi connectivity index (χ4n) is 4.75. The Balaban J connectivity index is 1.42.